The monoisotopic (exact) mass is 553 g/mol. The Morgan fingerprint density at radius 1 is 1.22 bits per heavy atom. The lowest BCUT2D eigenvalue weighted by Crippen LogP contribution is -2.56. The number of aromatic nitrogens is 3. The number of nitrogens with zero attached hydrogens (tertiary/aromatic N) is 4. The van der Waals surface area contributed by atoms with Crippen molar-refractivity contribution in [3.8, 4) is 0 Å². The number of halogens is 1. The Bertz CT molecular complexity index is 845. The molecule has 2 aromatic rings. The predicted octanol–water partition coefficient (Wildman–Crippen LogP) is 3.85. The number of hydrogen-bond donors (Lipinski definition) is 3. The molecular weight excluding hydrogens is 513 g/mol. The van der Waals surface area contributed by atoms with E-state index in [0.717, 1.165) is 62.8 Å². The smallest absolute Gasteiger partial charge is 0.191 e. The van der Waals surface area contributed by atoms with Crippen molar-refractivity contribution in [3.63, 3.8) is 0 Å². The third-order valence-corrected chi connectivity index (χ3v) is 6.55. The third kappa shape index (κ3) is 6.66. The highest BCUT2D eigenvalue weighted by Gasteiger charge is 2.29. The van der Waals surface area contributed by atoms with Crippen molar-refractivity contribution in [3.05, 3.63) is 47.5 Å². The summed E-state index contributed by atoms with van der Waals surface area (Å²) in [6.07, 6.45) is 4.95. The summed E-state index contributed by atoms with van der Waals surface area (Å²) in [6, 6.07) is 11.2. The number of guanidine groups is 1. The van der Waals surface area contributed by atoms with Crippen molar-refractivity contribution in [1.29, 1.82) is 0 Å². The van der Waals surface area contributed by atoms with Gasteiger partial charge in [0, 0.05) is 44.1 Å². The van der Waals surface area contributed by atoms with Crippen molar-refractivity contribution in [1.82, 2.24) is 30.7 Å². The molecule has 8 heteroatoms. The molecule has 7 nitrogen and oxygen atoms in total. The standard InChI is InChI=1S/C24H39N7.HI/c1-6-21-28-22-15-14-20(16-31(22)30-21)27-23(25-5)26-17-24(7-2,8-3)29-18(4)19-12-10-9-11-13-19;/h9-13,18,20,29H,6-8,14-17H2,1-5H3,(H2,25,26,27);1H. The maximum atomic E-state index is 4.62. The lowest BCUT2D eigenvalue weighted by atomic mass is 9.90. The van der Waals surface area contributed by atoms with Crippen LogP contribution in [-0.4, -0.2) is 45.9 Å². The first-order valence-corrected chi connectivity index (χ1v) is 11.7. The van der Waals surface area contributed by atoms with E-state index >= 15 is 0 Å². The summed E-state index contributed by atoms with van der Waals surface area (Å²) < 4.78 is 2.05. The second-order valence-electron chi connectivity index (χ2n) is 8.55. The fourth-order valence-electron chi connectivity index (χ4n) is 4.31. The molecule has 1 aliphatic rings. The first-order valence-electron chi connectivity index (χ1n) is 11.7. The Hall–Kier alpha value is -1.68. The SMILES string of the molecule is CCc1nc2n(n1)CC(NC(=NC)NCC(CC)(CC)NC(C)c1ccccc1)CC2.I. The van der Waals surface area contributed by atoms with Crippen molar-refractivity contribution in [2.24, 2.45) is 4.99 Å². The number of fused-ring (bicyclic) bond motifs is 1. The van der Waals surface area contributed by atoms with E-state index < -0.39 is 0 Å². The summed E-state index contributed by atoms with van der Waals surface area (Å²) in [4.78, 5) is 9.11. The van der Waals surface area contributed by atoms with Crippen LogP contribution in [0.15, 0.2) is 35.3 Å². The minimum atomic E-state index is -0.00541. The topological polar surface area (TPSA) is 79.2 Å². The van der Waals surface area contributed by atoms with Crippen molar-refractivity contribution < 1.29 is 0 Å². The minimum Gasteiger partial charge on any atom is -0.355 e. The van der Waals surface area contributed by atoms with Crippen LogP contribution in [0.2, 0.25) is 0 Å². The van der Waals surface area contributed by atoms with E-state index in [2.05, 4.69) is 93.7 Å². The van der Waals surface area contributed by atoms with Gasteiger partial charge >= 0.3 is 0 Å². The molecule has 3 rings (SSSR count). The summed E-state index contributed by atoms with van der Waals surface area (Å²) in [5.41, 5.74) is 1.31. The fourth-order valence-corrected chi connectivity index (χ4v) is 4.31. The van der Waals surface area contributed by atoms with Gasteiger partial charge < -0.3 is 16.0 Å². The zero-order chi connectivity index (χ0) is 22.3. The molecule has 1 aromatic carbocycles. The van der Waals surface area contributed by atoms with E-state index in [1.165, 1.54) is 5.56 Å². The molecule has 32 heavy (non-hydrogen) atoms. The molecule has 0 spiro atoms. The van der Waals surface area contributed by atoms with Gasteiger partial charge in [0.2, 0.25) is 0 Å². The molecule has 1 aromatic heterocycles. The van der Waals surface area contributed by atoms with Crippen LogP contribution in [0.25, 0.3) is 0 Å². The highest BCUT2D eigenvalue weighted by molar-refractivity contribution is 14.0. The highest BCUT2D eigenvalue weighted by atomic mass is 127. The lowest BCUT2D eigenvalue weighted by molar-refractivity contribution is 0.270. The van der Waals surface area contributed by atoms with Crippen LogP contribution < -0.4 is 16.0 Å². The van der Waals surface area contributed by atoms with Gasteiger partial charge in [0.05, 0.1) is 6.54 Å². The third-order valence-electron chi connectivity index (χ3n) is 6.55. The second kappa shape index (κ2) is 12.5. The normalized spacial score (nSPS) is 17.3. The van der Waals surface area contributed by atoms with E-state index in [0.29, 0.717) is 6.04 Å². The van der Waals surface area contributed by atoms with Crippen LogP contribution in [0.3, 0.4) is 0 Å². The molecule has 2 unspecified atom stereocenters. The van der Waals surface area contributed by atoms with Gasteiger partial charge in [-0.25, -0.2) is 9.67 Å². The molecule has 0 saturated heterocycles. The summed E-state index contributed by atoms with van der Waals surface area (Å²) in [6.45, 7) is 10.5. The van der Waals surface area contributed by atoms with E-state index in [1.54, 1.807) is 0 Å². The molecule has 0 saturated carbocycles. The van der Waals surface area contributed by atoms with E-state index in [1.807, 2.05) is 7.05 Å². The first kappa shape index (κ1) is 26.6. The zero-order valence-corrected chi connectivity index (χ0v) is 22.5. The first-order chi connectivity index (χ1) is 15.0. The minimum absolute atomic E-state index is 0. The molecule has 0 aliphatic carbocycles. The summed E-state index contributed by atoms with van der Waals surface area (Å²) in [7, 11) is 1.84. The van der Waals surface area contributed by atoms with Gasteiger partial charge in [-0.1, -0.05) is 51.1 Å². The Morgan fingerprint density at radius 3 is 2.56 bits per heavy atom. The number of hydrogen-bond acceptors (Lipinski definition) is 4. The molecule has 0 fully saturated rings. The molecule has 0 bridgehead atoms. The van der Waals surface area contributed by atoms with Gasteiger partial charge in [0.25, 0.3) is 0 Å². The molecule has 0 radical (unpaired) electrons. The van der Waals surface area contributed by atoms with Crippen molar-refractivity contribution in [2.75, 3.05) is 13.6 Å². The molecule has 2 atom stereocenters. The Balaban J connectivity index is 0.00000363. The van der Waals surface area contributed by atoms with E-state index in [9.17, 15) is 0 Å². The number of rotatable bonds is 9. The molecule has 178 valence electrons. The average Bonchev–Trinajstić information content (AvgIpc) is 3.24. The number of aliphatic imine (C=N–C) groups is 1. The predicted molar refractivity (Wildman–Crippen MR) is 143 cm³/mol. The molecule has 0 amide bonds. The quantitative estimate of drug-likeness (QED) is 0.250. The maximum absolute atomic E-state index is 4.62. The van der Waals surface area contributed by atoms with E-state index in [-0.39, 0.29) is 35.6 Å². The summed E-state index contributed by atoms with van der Waals surface area (Å²) >= 11 is 0. The molecule has 2 heterocycles. The van der Waals surface area contributed by atoms with Gasteiger partial charge in [-0.05, 0) is 31.7 Å². The van der Waals surface area contributed by atoms with Crippen LogP contribution in [-0.2, 0) is 19.4 Å². The fraction of sp³-hybridized carbons (Fsp3) is 0.625. The van der Waals surface area contributed by atoms with Crippen molar-refractivity contribution in [2.45, 2.75) is 84.0 Å². The Morgan fingerprint density at radius 2 is 1.94 bits per heavy atom. The van der Waals surface area contributed by atoms with Crippen LogP contribution >= 0.6 is 24.0 Å². The van der Waals surface area contributed by atoms with Crippen LogP contribution in [0.1, 0.15) is 70.2 Å². The molecular formula is C24H40IN7. The van der Waals surface area contributed by atoms with E-state index in [4.69, 9.17) is 0 Å². The van der Waals surface area contributed by atoms with Crippen LogP contribution in [0.5, 0.6) is 0 Å². The highest BCUT2D eigenvalue weighted by Crippen LogP contribution is 2.21. The Labute approximate surface area is 210 Å². The largest absolute Gasteiger partial charge is 0.355 e. The van der Waals surface area contributed by atoms with Crippen LogP contribution in [0, 0.1) is 0 Å². The van der Waals surface area contributed by atoms with Crippen LogP contribution in [0.4, 0.5) is 0 Å². The Kier molecular flexibility index (Phi) is 10.4. The summed E-state index contributed by atoms with van der Waals surface area (Å²) in [5, 5.41) is 15.7. The van der Waals surface area contributed by atoms with Gasteiger partial charge in [-0.2, -0.15) is 5.10 Å². The second-order valence-corrected chi connectivity index (χ2v) is 8.55. The number of nitrogens with one attached hydrogen (secondary N) is 3. The van der Waals surface area contributed by atoms with Gasteiger partial charge in [0.1, 0.15) is 5.82 Å². The zero-order valence-electron chi connectivity index (χ0n) is 20.2. The van der Waals surface area contributed by atoms with Crippen molar-refractivity contribution >= 4 is 29.9 Å². The van der Waals surface area contributed by atoms with Gasteiger partial charge in [0.15, 0.2) is 11.8 Å². The average molecular weight is 554 g/mol. The van der Waals surface area contributed by atoms with Gasteiger partial charge in [-0.3, -0.25) is 4.99 Å². The number of aryl methyl sites for hydroxylation is 2. The molecule has 3 N–H and O–H groups in total. The molecule has 1 aliphatic heterocycles. The lowest BCUT2D eigenvalue weighted by Gasteiger charge is -2.37. The maximum Gasteiger partial charge on any atom is 0.191 e. The van der Waals surface area contributed by atoms with Gasteiger partial charge in [-0.15, -0.1) is 24.0 Å². The number of benzene rings is 1. The summed E-state index contributed by atoms with van der Waals surface area (Å²) in [5.74, 6) is 2.89.